The lowest BCUT2D eigenvalue weighted by molar-refractivity contribution is -0.137. The van der Waals surface area contributed by atoms with E-state index in [9.17, 15) is 21.6 Å². The molecule has 0 saturated carbocycles. The van der Waals surface area contributed by atoms with E-state index in [-0.39, 0.29) is 24.3 Å². The normalized spacial score (nSPS) is 21.2. The monoisotopic (exact) mass is 418 g/mol. The third-order valence-corrected chi connectivity index (χ3v) is 7.35. The van der Waals surface area contributed by atoms with Crippen LogP contribution < -0.4 is 0 Å². The van der Waals surface area contributed by atoms with Crippen LogP contribution in [0.15, 0.2) is 47.4 Å². The van der Waals surface area contributed by atoms with Gasteiger partial charge in [0.25, 0.3) is 0 Å². The summed E-state index contributed by atoms with van der Waals surface area (Å²) in [4.78, 5) is -0.265. The summed E-state index contributed by atoms with van der Waals surface area (Å²) in [5.41, 5.74) is 0.130. The standard InChI is InChI=1S/C19H18ClF3O3S/c1-12-2-5-14(19(21,22)23)10-18(12)27(24,25)16-8-9-26-17(11-16)13-3-6-15(20)7-4-13/h2-7,10,16-17H,8-9,11H2,1H3/t16-,17-/m0/s1. The summed E-state index contributed by atoms with van der Waals surface area (Å²) in [5, 5.41) is -0.257. The van der Waals surface area contributed by atoms with Crippen molar-refractivity contribution in [2.24, 2.45) is 0 Å². The van der Waals surface area contributed by atoms with Crippen molar-refractivity contribution in [3.05, 3.63) is 64.2 Å². The highest BCUT2D eigenvalue weighted by Crippen LogP contribution is 2.37. The van der Waals surface area contributed by atoms with Crippen LogP contribution in [0.1, 0.15) is 35.6 Å². The molecule has 3 rings (SSSR count). The molecule has 2 aromatic rings. The van der Waals surface area contributed by atoms with E-state index in [1.54, 1.807) is 24.3 Å². The Balaban J connectivity index is 1.91. The fraction of sp³-hybridized carbons (Fsp3) is 0.368. The van der Waals surface area contributed by atoms with Crippen LogP contribution in [0.5, 0.6) is 0 Å². The lowest BCUT2D eigenvalue weighted by Crippen LogP contribution is -2.31. The number of aryl methyl sites for hydroxylation is 1. The van der Waals surface area contributed by atoms with Gasteiger partial charge in [0.2, 0.25) is 0 Å². The van der Waals surface area contributed by atoms with Crippen molar-refractivity contribution in [1.82, 2.24) is 0 Å². The van der Waals surface area contributed by atoms with Crippen molar-refractivity contribution in [2.75, 3.05) is 6.61 Å². The van der Waals surface area contributed by atoms with Crippen LogP contribution in [0.3, 0.4) is 0 Å². The van der Waals surface area contributed by atoms with Crippen LogP contribution in [-0.4, -0.2) is 20.3 Å². The summed E-state index contributed by atoms with van der Waals surface area (Å²) in [6.07, 6.45) is -4.62. The Morgan fingerprint density at radius 2 is 1.78 bits per heavy atom. The average molecular weight is 419 g/mol. The molecule has 0 N–H and O–H groups in total. The maximum Gasteiger partial charge on any atom is 0.416 e. The van der Waals surface area contributed by atoms with Gasteiger partial charge in [0.15, 0.2) is 9.84 Å². The molecule has 0 spiro atoms. The van der Waals surface area contributed by atoms with E-state index in [1.165, 1.54) is 13.0 Å². The van der Waals surface area contributed by atoms with Crippen molar-refractivity contribution in [1.29, 1.82) is 0 Å². The highest BCUT2D eigenvalue weighted by molar-refractivity contribution is 7.92. The van der Waals surface area contributed by atoms with Gasteiger partial charge in [-0.3, -0.25) is 0 Å². The first-order valence-electron chi connectivity index (χ1n) is 8.38. The van der Waals surface area contributed by atoms with Crippen molar-refractivity contribution >= 4 is 21.4 Å². The van der Waals surface area contributed by atoms with Gasteiger partial charge >= 0.3 is 6.18 Å². The van der Waals surface area contributed by atoms with E-state index < -0.39 is 32.9 Å². The zero-order valence-electron chi connectivity index (χ0n) is 14.5. The first kappa shape index (κ1) is 20.2. The molecule has 1 saturated heterocycles. The SMILES string of the molecule is Cc1ccc(C(F)(F)F)cc1S(=O)(=O)[C@H]1CCO[C@H](c2ccc(Cl)cc2)C1. The van der Waals surface area contributed by atoms with E-state index in [0.29, 0.717) is 10.6 Å². The van der Waals surface area contributed by atoms with Crippen molar-refractivity contribution in [3.8, 4) is 0 Å². The predicted molar refractivity (Wildman–Crippen MR) is 96.5 cm³/mol. The zero-order chi connectivity index (χ0) is 19.8. The number of hydrogen-bond donors (Lipinski definition) is 0. The Morgan fingerprint density at radius 1 is 1.11 bits per heavy atom. The van der Waals surface area contributed by atoms with Crippen LogP contribution in [0.4, 0.5) is 13.2 Å². The topological polar surface area (TPSA) is 43.4 Å². The maximum absolute atomic E-state index is 13.1. The largest absolute Gasteiger partial charge is 0.416 e. The molecule has 0 aromatic heterocycles. The molecule has 146 valence electrons. The molecule has 1 heterocycles. The Bertz CT molecular complexity index is 924. The molecule has 27 heavy (non-hydrogen) atoms. The van der Waals surface area contributed by atoms with Crippen molar-refractivity contribution in [3.63, 3.8) is 0 Å². The van der Waals surface area contributed by atoms with Crippen molar-refractivity contribution < 1.29 is 26.3 Å². The summed E-state index contributed by atoms with van der Waals surface area (Å²) in [6, 6.07) is 9.73. The van der Waals surface area contributed by atoms with Gasteiger partial charge in [-0.1, -0.05) is 29.8 Å². The number of halogens is 4. The van der Waals surface area contributed by atoms with Gasteiger partial charge < -0.3 is 4.74 Å². The fourth-order valence-corrected chi connectivity index (χ4v) is 5.35. The van der Waals surface area contributed by atoms with Crippen LogP contribution in [-0.2, 0) is 20.8 Å². The van der Waals surface area contributed by atoms with Gasteiger partial charge in [-0.15, -0.1) is 0 Å². The first-order chi connectivity index (χ1) is 12.6. The van der Waals surface area contributed by atoms with Crippen LogP contribution in [0.25, 0.3) is 0 Å². The Morgan fingerprint density at radius 3 is 2.41 bits per heavy atom. The number of ether oxygens (including phenoxy) is 1. The summed E-state index contributed by atoms with van der Waals surface area (Å²) in [6.45, 7) is 1.72. The van der Waals surface area contributed by atoms with Gasteiger partial charge in [-0.05, 0) is 55.2 Å². The lowest BCUT2D eigenvalue weighted by atomic mass is 10.0. The molecular formula is C19H18ClF3O3S. The second-order valence-corrected chi connectivity index (χ2v) is 9.21. The highest BCUT2D eigenvalue weighted by Gasteiger charge is 2.37. The Kier molecular flexibility index (Phi) is 5.57. The van der Waals surface area contributed by atoms with E-state index in [1.807, 2.05) is 0 Å². The first-order valence-corrected chi connectivity index (χ1v) is 10.3. The summed E-state index contributed by atoms with van der Waals surface area (Å²) < 4.78 is 70.9. The smallest absolute Gasteiger partial charge is 0.373 e. The second kappa shape index (κ2) is 7.45. The van der Waals surface area contributed by atoms with E-state index in [2.05, 4.69) is 0 Å². The number of rotatable bonds is 3. The van der Waals surface area contributed by atoms with Crippen molar-refractivity contribution in [2.45, 2.75) is 42.2 Å². The van der Waals surface area contributed by atoms with E-state index in [0.717, 1.165) is 17.7 Å². The highest BCUT2D eigenvalue weighted by atomic mass is 35.5. The molecule has 1 fully saturated rings. The number of benzene rings is 2. The molecule has 3 nitrogen and oxygen atoms in total. The molecule has 0 amide bonds. The predicted octanol–water partition coefficient (Wildman–Crippen LogP) is 5.36. The van der Waals surface area contributed by atoms with Gasteiger partial charge in [-0.2, -0.15) is 13.2 Å². The molecule has 2 aromatic carbocycles. The molecule has 1 aliphatic rings. The third-order valence-electron chi connectivity index (χ3n) is 4.74. The van der Waals surface area contributed by atoms with Gasteiger partial charge in [0.05, 0.1) is 21.8 Å². The zero-order valence-corrected chi connectivity index (χ0v) is 16.0. The molecule has 0 radical (unpaired) electrons. The molecular weight excluding hydrogens is 401 g/mol. The Labute approximate surface area is 161 Å². The molecule has 2 atom stereocenters. The van der Waals surface area contributed by atoms with Crippen LogP contribution in [0, 0.1) is 6.92 Å². The fourth-order valence-electron chi connectivity index (χ4n) is 3.22. The summed E-state index contributed by atoms with van der Waals surface area (Å²) in [5.74, 6) is 0. The van der Waals surface area contributed by atoms with Crippen LogP contribution in [0.2, 0.25) is 5.02 Å². The summed E-state index contributed by atoms with van der Waals surface area (Å²) in [7, 11) is -3.93. The minimum atomic E-state index is -4.60. The Hall–Kier alpha value is -1.57. The lowest BCUT2D eigenvalue weighted by Gasteiger charge is -2.30. The maximum atomic E-state index is 13.1. The average Bonchev–Trinajstić information content (AvgIpc) is 2.61. The number of hydrogen-bond acceptors (Lipinski definition) is 3. The van der Waals surface area contributed by atoms with E-state index in [4.69, 9.17) is 16.3 Å². The van der Waals surface area contributed by atoms with Gasteiger partial charge in [0, 0.05) is 11.6 Å². The minimum absolute atomic E-state index is 0.180. The number of alkyl halides is 3. The molecule has 0 unspecified atom stereocenters. The van der Waals surface area contributed by atoms with E-state index >= 15 is 0 Å². The quantitative estimate of drug-likeness (QED) is 0.673. The molecule has 8 heteroatoms. The number of sulfone groups is 1. The van der Waals surface area contributed by atoms with Gasteiger partial charge in [-0.25, -0.2) is 8.42 Å². The summed E-state index contributed by atoms with van der Waals surface area (Å²) >= 11 is 5.87. The third kappa shape index (κ3) is 4.31. The minimum Gasteiger partial charge on any atom is -0.373 e. The van der Waals surface area contributed by atoms with Gasteiger partial charge in [0.1, 0.15) is 0 Å². The van der Waals surface area contributed by atoms with Crippen LogP contribution >= 0.6 is 11.6 Å². The molecule has 0 bridgehead atoms. The second-order valence-electron chi connectivity index (χ2n) is 6.58. The molecule has 0 aliphatic carbocycles. The molecule has 1 aliphatic heterocycles.